The summed E-state index contributed by atoms with van der Waals surface area (Å²) >= 11 is 0. The number of aromatic nitrogens is 2. The summed E-state index contributed by atoms with van der Waals surface area (Å²) in [5.74, 6) is 0. The SMILES string of the molecule is OC1CCN(Cc2cnccn2)CC1. The minimum Gasteiger partial charge on any atom is -0.393 e. The molecule has 0 amide bonds. The van der Waals surface area contributed by atoms with E-state index in [1.165, 1.54) is 0 Å². The number of hydrogen-bond acceptors (Lipinski definition) is 4. The van der Waals surface area contributed by atoms with Gasteiger partial charge < -0.3 is 5.11 Å². The van der Waals surface area contributed by atoms with E-state index in [1.54, 1.807) is 18.6 Å². The van der Waals surface area contributed by atoms with E-state index in [0.29, 0.717) is 0 Å². The summed E-state index contributed by atoms with van der Waals surface area (Å²) in [6.07, 6.45) is 6.84. The highest BCUT2D eigenvalue weighted by atomic mass is 16.3. The molecule has 2 heterocycles. The van der Waals surface area contributed by atoms with Crippen LogP contribution in [0.2, 0.25) is 0 Å². The number of aliphatic hydroxyl groups is 1. The molecule has 1 aromatic heterocycles. The molecule has 76 valence electrons. The summed E-state index contributed by atoms with van der Waals surface area (Å²) in [6.45, 7) is 2.76. The Hall–Kier alpha value is -1.00. The highest BCUT2D eigenvalue weighted by molar-refractivity contribution is 4.94. The normalized spacial score (nSPS) is 19.8. The monoisotopic (exact) mass is 193 g/mol. The maximum atomic E-state index is 9.34. The maximum Gasteiger partial charge on any atom is 0.0726 e. The number of piperidine rings is 1. The number of nitrogens with zero attached hydrogens (tertiary/aromatic N) is 3. The fourth-order valence-electron chi connectivity index (χ4n) is 1.72. The Morgan fingerprint density at radius 3 is 2.79 bits per heavy atom. The molecule has 2 rings (SSSR count). The number of aliphatic hydroxyl groups excluding tert-OH is 1. The Morgan fingerprint density at radius 1 is 1.36 bits per heavy atom. The highest BCUT2D eigenvalue weighted by Gasteiger charge is 2.16. The summed E-state index contributed by atoms with van der Waals surface area (Å²) in [6, 6.07) is 0. The highest BCUT2D eigenvalue weighted by Crippen LogP contribution is 2.11. The van der Waals surface area contributed by atoms with Crippen LogP contribution < -0.4 is 0 Å². The molecular formula is C10H15N3O. The average molecular weight is 193 g/mol. The maximum absolute atomic E-state index is 9.34. The van der Waals surface area contributed by atoms with Gasteiger partial charge in [-0.2, -0.15) is 0 Å². The second-order valence-corrected chi connectivity index (χ2v) is 3.70. The Morgan fingerprint density at radius 2 is 2.14 bits per heavy atom. The predicted octanol–water partition coefficient (Wildman–Crippen LogP) is 0.433. The summed E-state index contributed by atoms with van der Waals surface area (Å²) in [5, 5.41) is 9.34. The summed E-state index contributed by atoms with van der Waals surface area (Å²) < 4.78 is 0. The van der Waals surface area contributed by atoms with Crippen LogP contribution in [0.1, 0.15) is 18.5 Å². The Kier molecular flexibility index (Phi) is 3.06. The van der Waals surface area contributed by atoms with Crippen molar-refractivity contribution in [3.05, 3.63) is 24.3 Å². The van der Waals surface area contributed by atoms with Crippen molar-refractivity contribution in [3.8, 4) is 0 Å². The van der Waals surface area contributed by atoms with Gasteiger partial charge in [0.25, 0.3) is 0 Å². The van der Waals surface area contributed by atoms with Gasteiger partial charge >= 0.3 is 0 Å². The van der Waals surface area contributed by atoms with E-state index >= 15 is 0 Å². The van der Waals surface area contributed by atoms with Crippen LogP contribution in [0.3, 0.4) is 0 Å². The van der Waals surface area contributed by atoms with Crippen molar-refractivity contribution in [2.45, 2.75) is 25.5 Å². The van der Waals surface area contributed by atoms with Crippen LogP contribution >= 0.6 is 0 Å². The second kappa shape index (κ2) is 4.48. The molecule has 1 aliphatic heterocycles. The largest absolute Gasteiger partial charge is 0.393 e. The third-order valence-corrected chi connectivity index (χ3v) is 2.56. The van der Waals surface area contributed by atoms with Crippen LogP contribution in [0.15, 0.2) is 18.6 Å². The molecule has 0 saturated carbocycles. The molecule has 1 aliphatic rings. The lowest BCUT2D eigenvalue weighted by molar-refractivity contribution is 0.0786. The average Bonchev–Trinajstić information content (AvgIpc) is 2.23. The topological polar surface area (TPSA) is 49.2 Å². The van der Waals surface area contributed by atoms with Crippen molar-refractivity contribution in [3.63, 3.8) is 0 Å². The van der Waals surface area contributed by atoms with Crippen LogP contribution in [-0.2, 0) is 6.54 Å². The van der Waals surface area contributed by atoms with Gasteiger partial charge in [-0.3, -0.25) is 14.9 Å². The predicted molar refractivity (Wildman–Crippen MR) is 52.5 cm³/mol. The molecule has 1 N–H and O–H groups in total. The van der Waals surface area contributed by atoms with Crippen molar-refractivity contribution in [1.29, 1.82) is 0 Å². The molecule has 0 bridgehead atoms. The first-order chi connectivity index (χ1) is 6.84. The lowest BCUT2D eigenvalue weighted by Gasteiger charge is -2.28. The molecule has 4 heteroatoms. The molecule has 0 aliphatic carbocycles. The van der Waals surface area contributed by atoms with Gasteiger partial charge in [0.1, 0.15) is 0 Å². The van der Waals surface area contributed by atoms with Gasteiger partial charge in [0, 0.05) is 38.2 Å². The molecule has 0 aromatic carbocycles. The van der Waals surface area contributed by atoms with E-state index in [4.69, 9.17) is 0 Å². The summed E-state index contributed by atoms with van der Waals surface area (Å²) in [4.78, 5) is 10.6. The van der Waals surface area contributed by atoms with Crippen molar-refractivity contribution < 1.29 is 5.11 Å². The van der Waals surface area contributed by atoms with E-state index < -0.39 is 0 Å². The molecule has 1 saturated heterocycles. The number of hydrogen-bond donors (Lipinski definition) is 1. The van der Waals surface area contributed by atoms with Gasteiger partial charge in [0.05, 0.1) is 11.8 Å². The van der Waals surface area contributed by atoms with Crippen LogP contribution in [-0.4, -0.2) is 39.2 Å². The van der Waals surface area contributed by atoms with Crippen molar-refractivity contribution in [2.24, 2.45) is 0 Å². The van der Waals surface area contributed by atoms with Gasteiger partial charge in [0.2, 0.25) is 0 Å². The fraction of sp³-hybridized carbons (Fsp3) is 0.600. The molecular weight excluding hydrogens is 178 g/mol. The summed E-state index contributed by atoms with van der Waals surface area (Å²) in [5.41, 5.74) is 1.00. The van der Waals surface area contributed by atoms with E-state index in [0.717, 1.165) is 38.2 Å². The number of likely N-dealkylation sites (tertiary alicyclic amines) is 1. The lowest BCUT2D eigenvalue weighted by atomic mass is 10.1. The molecule has 14 heavy (non-hydrogen) atoms. The summed E-state index contributed by atoms with van der Waals surface area (Å²) in [7, 11) is 0. The quantitative estimate of drug-likeness (QED) is 0.740. The van der Waals surface area contributed by atoms with Crippen LogP contribution in [0.25, 0.3) is 0 Å². The Balaban J connectivity index is 1.87. The van der Waals surface area contributed by atoms with Gasteiger partial charge in [-0.25, -0.2) is 0 Å². The van der Waals surface area contributed by atoms with E-state index in [-0.39, 0.29) is 6.10 Å². The molecule has 1 fully saturated rings. The smallest absolute Gasteiger partial charge is 0.0726 e. The van der Waals surface area contributed by atoms with Crippen LogP contribution in [0.4, 0.5) is 0 Å². The van der Waals surface area contributed by atoms with Crippen molar-refractivity contribution >= 4 is 0 Å². The van der Waals surface area contributed by atoms with E-state index in [2.05, 4.69) is 14.9 Å². The number of rotatable bonds is 2. The molecule has 0 atom stereocenters. The second-order valence-electron chi connectivity index (χ2n) is 3.70. The zero-order valence-electron chi connectivity index (χ0n) is 8.13. The standard InChI is InChI=1S/C10H15N3O/c14-10-1-5-13(6-2-10)8-9-7-11-3-4-12-9/h3-4,7,10,14H,1-2,5-6,8H2. The van der Waals surface area contributed by atoms with Crippen molar-refractivity contribution in [2.75, 3.05) is 13.1 Å². The van der Waals surface area contributed by atoms with Crippen molar-refractivity contribution in [1.82, 2.24) is 14.9 Å². The minimum absolute atomic E-state index is 0.104. The van der Waals surface area contributed by atoms with Gasteiger partial charge in [-0.15, -0.1) is 0 Å². The Labute approximate surface area is 83.6 Å². The molecule has 0 spiro atoms. The minimum atomic E-state index is -0.104. The first-order valence-electron chi connectivity index (χ1n) is 5.00. The van der Waals surface area contributed by atoms with Gasteiger partial charge in [0.15, 0.2) is 0 Å². The van der Waals surface area contributed by atoms with Crippen LogP contribution in [0.5, 0.6) is 0 Å². The molecule has 0 radical (unpaired) electrons. The molecule has 4 nitrogen and oxygen atoms in total. The van der Waals surface area contributed by atoms with E-state index in [1.807, 2.05) is 0 Å². The lowest BCUT2D eigenvalue weighted by Crippen LogP contribution is -2.35. The Bertz CT molecular complexity index is 270. The molecule has 1 aromatic rings. The van der Waals surface area contributed by atoms with Crippen LogP contribution in [0, 0.1) is 0 Å². The van der Waals surface area contributed by atoms with E-state index in [9.17, 15) is 5.11 Å². The third kappa shape index (κ3) is 2.49. The first kappa shape index (κ1) is 9.55. The van der Waals surface area contributed by atoms with Gasteiger partial charge in [-0.05, 0) is 12.8 Å². The third-order valence-electron chi connectivity index (χ3n) is 2.56. The zero-order chi connectivity index (χ0) is 9.80. The van der Waals surface area contributed by atoms with Gasteiger partial charge in [-0.1, -0.05) is 0 Å². The first-order valence-corrected chi connectivity index (χ1v) is 5.00. The molecule has 0 unspecified atom stereocenters. The fourth-order valence-corrected chi connectivity index (χ4v) is 1.72. The zero-order valence-corrected chi connectivity index (χ0v) is 8.13.